The van der Waals surface area contributed by atoms with Gasteiger partial charge in [0.15, 0.2) is 11.5 Å². The lowest BCUT2D eigenvalue weighted by Crippen LogP contribution is -2.27. The molecule has 1 unspecified atom stereocenters. The van der Waals surface area contributed by atoms with E-state index in [4.69, 9.17) is 14.6 Å². The van der Waals surface area contributed by atoms with Gasteiger partial charge in [-0.1, -0.05) is 0 Å². The van der Waals surface area contributed by atoms with Crippen molar-refractivity contribution >= 4 is 22.7 Å². The van der Waals surface area contributed by atoms with Gasteiger partial charge in [-0.15, -0.1) is 0 Å². The van der Waals surface area contributed by atoms with Gasteiger partial charge in [0, 0.05) is 29.7 Å². The summed E-state index contributed by atoms with van der Waals surface area (Å²) in [6.07, 6.45) is -0.0579. The van der Waals surface area contributed by atoms with Crippen molar-refractivity contribution in [2.45, 2.75) is 17.7 Å². The predicted molar refractivity (Wildman–Crippen MR) is 78.6 cm³/mol. The number of amides is 1. The van der Waals surface area contributed by atoms with Gasteiger partial charge in [0.05, 0.1) is 17.2 Å². The van der Waals surface area contributed by atoms with Gasteiger partial charge in [-0.05, 0) is 12.1 Å². The Hall–Kier alpha value is -2.09. The summed E-state index contributed by atoms with van der Waals surface area (Å²) in [7, 11) is -1.33. The van der Waals surface area contributed by atoms with Crippen LogP contribution < -0.4 is 14.8 Å². The SMILES string of the molecule is O=C(O)CCNC(=O)CCS(=O)c1ccc2c(c1)OCCO2. The predicted octanol–water partition coefficient (Wildman–Crippen LogP) is 0.546. The van der Waals surface area contributed by atoms with Gasteiger partial charge in [-0.25, -0.2) is 0 Å². The molecule has 2 N–H and O–H groups in total. The lowest BCUT2D eigenvalue weighted by molar-refractivity contribution is -0.136. The van der Waals surface area contributed by atoms with Gasteiger partial charge in [-0.2, -0.15) is 0 Å². The van der Waals surface area contributed by atoms with Crippen LogP contribution in [-0.2, 0) is 20.4 Å². The van der Waals surface area contributed by atoms with Crippen LogP contribution in [0.4, 0.5) is 0 Å². The van der Waals surface area contributed by atoms with E-state index in [-0.39, 0.29) is 31.0 Å². The molecule has 0 spiro atoms. The summed E-state index contributed by atoms with van der Waals surface area (Å²) < 4.78 is 23.0. The molecular formula is C14H17NO6S. The van der Waals surface area contributed by atoms with E-state index in [9.17, 15) is 13.8 Å². The number of benzene rings is 1. The van der Waals surface area contributed by atoms with Gasteiger partial charge < -0.3 is 19.9 Å². The molecule has 1 aliphatic rings. The summed E-state index contributed by atoms with van der Waals surface area (Å²) in [4.78, 5) is 22.4. The maximum absolute atomic E-state index is 12.2. The first kappa shape index (κ1) is 16.3. The zero-order valence-corrected chi connectivity index (χ0v) is 12.7. The summed E-state index contributed by atoms with van der Waals surface area (Å²) in [6.45, 7) is 1.02. The summed E-state index contributed by atoms with van der Waals surface area (Å²) in [5.41, 5.74) is 0. The average Bonchev–Trinajstić information content (AvgIpc) is 2.51. The summed E-state index contributed by atoms with van der Waals surface area (Å²) in [5.74, 6) is 0.0622. The van der Waals surface area contributed by atoms with Gasteiger partial charge in [0.1, 0.15) is 13.2 Å². The number of hydrogen-bond donors (Lipinski definition) is 2. The minimum atomic E-state index is -1.33. The molecule has 1 heterocycles. The number of carbonyl (C=O) groups is 2. The first-order chi connectivity index (χ1) is 10.6. The molecule has 0 aliphatic carbocycles. The number of ether oxygens (including phenoxy) is 2. The molecule has 0 bridgehead atoms. The van der Waals surface area contributed by atoms with E-state index >= 15 is 0 Å². The Morgan fingerprint density at radius 2 is 1.91 bits per heavy atom. The van der Waals surface area contributed by atoms with Crippen LogP contribution in [0.5, 0.6) is 11.5 Å². The lowest BCUT2D eigenvalue weighted by Gasteiger charge is -2.18. The van der Waals surface area contributed by atoms with Crippen molar-refractivity contribution in [1.82, 2.24) is 5.32 Å². The number of carbonyl (C=O) groups excluding carboxylic acids is 1. The number of hydrogen-bond acceptors (Lipinski definition) is 5. The number of fused-ring (bicyclic) bond motifs is 1. The van der Waals surface area contributed by atoms with Crippen molar-refractivity contribution in [1.29, 1.82) is 0 Å². The van der Waals surface area contributed by atoms with Crippen LogP contribution in [0, 0.1) is 0 Å². The first-order valence-electron chi connectivity index (χ1n) is 6.83. The summed E-state index contributed by atoms with van der Waals surface area (Å²) in [5, 5.41) is 10.9. The first-order valence-corrected chi connectivity index (χ1v) is 8.14. The summed E-state index contributed by atoms with van der Waals surface area (Å²) >= 11 is 0. The highest BCUT2D eigenvalue weighted by Gasteiger charge is 2.15. The second-order valence-electron chi connectivity index (χ2n) is 4.60. The number of nitrogens with one attached hydrogen (secondary N) is 1. The summed E-state index contributed by atoms with van der Waals surface area (Å²) in [6, 6.07) is 5.05. The van der Waals surface area contributed by atoms with Crippen LogP contribution in [-0.4, -0.2) is 46.7 Å². The molecule has 7 nitrogen and oxygen atoms in total. The Bertz CT molecular complexity index is 589. The van der Waals surface area contributed by atoms with Crippen LogP contribution in [0.15, 0.2) is 23.1 Å². The molecule has 0 saturated carbocycles. The smallest absolute Gasteiger partial charge is 0.305 e. The quantitative estimate of drug-likeness (QED) is 0.758. The fourth-order valence-corrected chi connectivity index (χ4v) is 2.93. The van der Waals surface area contributed by atoms with Crippen molar-refractivity contribution < 1.29 is 28.4 Å². The minimum Gasteiger partial charge on any atom is -0.486 e. The molecule has 1 aliphatic heterocycles. The van der Waals surface area contributed by atoms with Gasteiger partial charge in [-0.3, -0.25) is 13.8 Å². The monoisotopic (exact) mass is 327 g/mol. The number of aliphatic carboxylic acids is 1. The molecule has 1 aromatic rings. The molecule has 1 aromatic carbocycles. The highest BCUT2D eigenvalue weighted by molar-refractivity contribution is 7.85. The molecule has 22 heavy (non-hydrogen) atoms. The van der Waals surface area contributed by atoms with Crippen molar-refractivity contribution in [3.8, 4) is 11.5 Å². The van der Waals surface area contributed by atoms with Gasteiger partial charge >= 0.3 is 5.97 Å². The Morgan fingerprint density at radius 3 is 2.64 bits per heavy atom. The molecule has 0 saturated heterocycles. The van der Waals surface area contributed by atoms with Crippen LogP contribution in [0.1, 0.15) is 12.8 Å². The zero-order valence-electron chi connectivity index (χ0n) is 11.9. The van der Waals surface area contributed by atoms with Crippen LogP contribution >= 0.6 is 0 Å². The van der Waals surface area contributed by atoms with E-state index in [1.54, 1.807) is 18.2 Å². The Kier molecular flexibility index (Phi) is 5.76. The third kappa shape index (κ3) is 4.73. The van der Waals surface area contributed by atoms with Crippen LogP contribution in [0.2, 0.25) is 0 Å². The third-order valence-corrected chi connectivity index (χ3v) is 4.31. The Morgan fingerprint density at radius 1 is 1.18 bits per heavy atom. The topological polar surface area (TPSA) is 102 Å². The second-order valence-corrected chi connectivity index (χ2v) is 6.17. The van der Waals surface area contributed by atoms with E-state index in [0.29, 0.717) is 29.6 Å². The Balaban J connectivity index is 1.82. The number of carboxylic acids is 1. The highest BCUT2D eigenvalue weighted by Crippen LogP contribution is 2.31. The van der Waals surface area contributed by atoms with E-state index in [2.05, 4.69) is 5.32 Å². The minimum absolute atomic E-state index is 0.0701. The number of rotatable bonds is 7. The lowest BCUT2D eigenvalue weighted by atomic mass is 10.3. The van der Waals surface area contributed by atoms with Crippen molar-refractivity contribution in [2.75, 3.05) is 25.5 Å². The van der Waals surface area contributed by atoms with Crippen LogP contribution in [0.3, 0.4) is 0 Å². The average molecular weight is 327 g/mol. The molecule has 120 valence electrons. The molecule has 0 radical (unpaired) electrons. The molecule has 0 aromatic heterocycles. The maximum Gasteiger partial charge on any atom is 0.305 e. The molecule has 8 heteroatoms. The van der Waals surface area contributed by atoms with Crippen molar-refractivity contribution in [2.24, 2.45) is 0 Å². The molecule has 2 rings (SSSR count). The second kappa shape index (κ2) is 7.79. The van der Waals surface area contributed by atoms with Crippen LogP contribution in [0.25, 0.3) is 0 Å². The highest BCUT2D eigenvalue weighted by atomic mass is 32.2. The fourth-order valence-electron chi connectivity index (χ4n) is 1.87. The maximum atomic E-state index is 12.2. The van der Waals surface area contributed by atoms with Crippen molar-refractivity contribution in [3.05, 3.63) is 18.2 Å². The third-order valence-electron chi connectivity index (χ3n) is 2.95. The largest absolute Gasteiger partial charge is 0.486 e. The van der Waals surface area contributed by atoms with Gasteiger partial charge in [0.2, 0.25) is 5.91 Å². The fraction of sp³-hybridized carbons (Fsp3) is 0.429. The molecular weight excluding hydrogens is 310 g/mol. The Labute approximate surface area is 130 Å². The van der Waals surface area contributed by atoms with Crippen molar-refractivity contribution in [3.63, 3.8) is 0 Å². The van der Waals surface area contributed by atoms with E-state index in [0.717, 1.165) is 0 Å². The van der Waals surface area contributed by atoms with Gasteiger partial charge in [0.25, 0.3) is 0 Å². The normalized spacial score (nSPS) is 14.2. The molecule has 1 atom stereocenters. The number of carboxylic acid groups (broad SMARTS) is 1. The standard InChI is InChI=1S/C14H17NO6S/c16-13(15-5-3-14(17)18)4-8-22(19)10-1-2-11-12(9-10)21-7-6-20-11/h1-2,9H,3-8H2,(H,15,16)(H,17,18). The van der Waals surface area contributed by atoms with E-state index in [1.807, 2.05) is 0 Å². The molecule has 0 fully saturated rings. The van der Waals surface area contributed by atoms with E-state index < -0.39 is 16.8 Å². The molecule has 1 amide bonds. The zero-order chi connectivity index (χ0) is 15.9. The van der Waals surface area contributed by atoms with E-state index in [1.165, 1.54) is 0 Å².